The molecule has 1 aromatic carbocycles. The largest absolute Gasteiger partial charge is 0.265 e. The molecule has 0 nitrogen and oxygen atoms in total. The summed E-state index contributed by atoms with van der Waals surface area (Å²) >= 11 is 11.2. The van der Waals surface area contributed by atoms with E-state index >= 15 is 0 Å². The molecule has 0 saturated carbocycles. The molecule has 0 radical (unpaired) electrons. The zero-order valence-corrected chi connectivity index (χ0v) is 9.63. The standard InChI is InChI=1S/C10H9Cl2F3/c1-5-3-6(7(11)4-8(5)13)9(12)10(2,14)15/h3-4,9H,1-2H3. The lowest BCUT2D eigenvalue weighted by Crippen LogP contribution is -2.18. The third kappa shape index (κ3) is 2.79. The van der Waals surface area contributed by atoms with Gasteiger partial charge in [0.05, 0.1) is 0 Å². The van der Waals surface area contributed by atoms with E-state index in [4.69, 9.17) is 23.2 Å². The second-order valence-electron chi connectivity index (χ2n) is 3.44. The summed E-state index contributed by atoms with van der Waals surface area (Å²) in [5.74, 6) is -3.64. The van der Waals surface area contributed by atoms with Crippen LogP contribution in [0.25, 0.3) is 0 Å². The van der Waals surface area contributed by atoms with Crippen LogP contribution >= 0.6 is 23.2 Å². The molecule has 5 heteroatoms. The highest BCUT2D eigenvalue weighted by Crippen LogP contribution is 2.40. The molecule has 1 rings (SSSR count). The number of benzene rings is 1. The summed E-state index contributed by atoms with van der Waals surface area (Å²) in [6.07, 6.45) is 0. The first-order valence-corrected chi connectivity index (χ1v) is 5.02. The monoisotopic (exact) mass is 256 g/mol. The molecule has 0 aliphatic heterocycles. The Labute approximate surface area is 96.0 Å². The van der Waals surface area contributed by atoms with E-state index in [1.165, 1.54) is 13.0 Å². The molecule has 0 amide bonds. The van der Waals surface area contributed by atoms with Crippen LogP contribution in [-0.2, 0) is 0 Å². The average molecular weight is 257 g/mol. The van der Waals surface area contributed by atoms with Crippen molar-refractivity contribution in [3.05, 3.63) is 34.1 Å². The van der Waals surface area contributed by atoms with Crippen LogP contribution in [0.3, 0.4) is 0 Å². The molecular weight excluding hydrogens is 248 g/mol. The fraction of sp³-hybridized carbons (Fsp3) is 0.400. The Hall–Kier alpha value is -0.410. The normalized spacial score (nSPS) is 14.1. The first-order chi connectivity index (χ1) is 6.73. The average Bonchev–Trinajstić information content (AvgIpc) is 2.08. The Morgan fingerprint density at radius 2 is 1.87 bits per heavy atom. The molecule has 0 heterocycles. The first-order valence-electron chi connectivity index (χ1n) is 4.21. The van der Waals surface area contributed by atoms with Crippen LogP contribution in [0.2, 0.25) is 5.02 Å². The van der Waals surface area contributed by atoms with E-state index in [0.29, 0.717) is 6.92 Å². The molecule has 0 fully saturated rings. The highest BCUT2D eigenvalue weighted by molar-refractivity contribution is 6.33. The minimum Gasteiger partial charge on any atom is -0.207 e. The van der Waals surface area contributed by atoms with E-state index in [0.717, 1.165) is 6.07 Å². The SMILES string of the molecule is Cc1cc(C(Cl)C(C)(F)F)c(Cl)cc1F. The fourth-order valence-corrected chi connectivity index (χ4v) is 1.64. The van der Waals surface area contributed by atoms with Crippen molar-refractivity contribution in [3.8, 4) is 0 Å². The Bertz CT molecular complexity index is 372. The molecule has 0 N–H and O–H groups in total. The van der Waals surface area contributed by atoms with Gasteiger partial charge in [0.25, 0.3) is 5.92 Å². The number of aryl methyl sites for hydroxylation is 1. The Morgan fingerprint density at radius 1 is 1.33 bits per heavy atom. The van der Waals surface area contributed by atoms with Crippen molar-refractivity contribution in [1.29, 1.82) is 0 Å². The van der Waals surface area contributed by atoms with Crippen LogP contribution < -0.4 is 0 Å². The molecule has 0 aliphatic carbocycles. The molecule has 1 atom stereocenters. The first kappa shape index (κ1) is 12.7. The van der Waals surface area contributed by atoms with E-state index in [1.54, 1.807) is 0 Å². The van der Waals surface area contributed by atoms with Crippen molar-refractivity contribution in [2.24, 2.45) is 0 Å². The molecule has 84 valence electrons. The molecule has 0 aliphatic rings. The fourth-order valence-electron chi connectivity index (χ4n) is 1.15. The predicted molar refractivity (Wildman–Crippen MR) is 55.4 cm³/mol. The summed E-state index contributed by atoms with van der Waals surface area (Å²) in [5, 5.41) is -1.64. The maximum atomic E-state index is 13.0. The van der Waals surface area contributed by atoms with Crippen molar-refractivity contribution in [3.63, 3.8) is 0 Å². The number of rotatable bonds is 2. The van der Waals surface area contributed by atoms with E-state index in [2.05, 4.69) is 0 Å². The second kappa shape index (κ2) is 4.22. The van der Waals surface area contributed by atoms with Crippen molar-refractivity contribution in [2.45, 2.75) is 25.1 Å². The predicted octanol–water partition coefficient (Wildman–Crippen LogP) is 4.72. The Kier molecular flexibility index (Phi) is 3.56. The highest BCUT2D eigenvalue weighted by atomic mass is 35.5. The summed E-state index contributed by atoms with van der Waals surface area (Å²) < 4.78 is 38.9. The van der Waals surface area contributed by atoms with E-state index in [1.807, 2.05) is 0 Å². The number of halogens is 5. The van der Waals surface area contributed by atoms with Gasteiger partial charge in [0.2, 0.25) is 0 Å². The Balaban J connectivity index is 3.21. The van der Waals surface area contributed by atoms with Crippen LogP contribution in [0.15, 0.2) is 12.1 Å². The van der Waals surface area contributed by atoms with Gasteiger partial charge in [-0.3, -0.25) is 0 Å². The topological polar surface area (TPSA) is 0 Å². The second-order valence-corrected chi connectivity index (χ2v) is 4.29. The summed E-state index contributed by atoms with van der Waals surface area (Å²) in [7, 11) is 0. The lowest BCUT2D eigenvalue weighted by atomic mass is 10.0. The van der Waals surface area contributed by atoms with E-state index < -0.39 is 17.1 Å². The van der Waals surface area contributed by atoms with Gasteiger partial charge < -0.3 is 0 Å². The van der Waals surface area contributed by atoms with E-state index in [-0.39, 0.29) is 16.1 Å². The summed E-state index contributed by atoms with van der Waals surface area (Å²) in [6.45, 7) is 2.16. The van der Waals surface area contributed by atoms with Gasteiger partial charge in [0.1, 0.15) is 11.2 Å². The molecule has 1 unspecified atom stereocenters. The van der Waals surface area contributed by atoms with Crippen molar-refractivity contribution >= 4 is 23.2 Å². The third-order valence-corrected chi connectivity index (χ3v) is 2.94. The van der Waals surface area contributed by atoms with Crippen molar-refractivity contribution in [1.82, 2.24) is 0 Å². The van der Waals surface area contributed by atoms with Crippen LogP contribution in [-0.4, -0.2) is 5.92 Å². The van der Waals surface area contributed by atoms with Gasteiger partial charge in [-0.2, -0.15) is 0 Å². The lowest BCUT2D eigenvalue weighted by Gasteiger charge is -2.19. The van der Waals surface area contributed by atoms with Gasteiger partial charge in [0.15, 0.2) is 0 Å². The molecule has 0 bridgehead atoms. The van der Waals surface area contributed by atoms with E-state index in [9.17, 15) is 13.2 Å². The number of hydrogen-bond acceptors (Lipinski definition) is 0. The van der Waals surface area contributed by atoms with Gasteiger partial charge >= 0.3 is 0 Å². The molecule has 0 aromatic heterocycles. The van der Waals surface area contributed by atoms with Gasteiger partial charge in [-0.05, 0) is 30.2 Å². The van der Waals surface area contributed by atoms with Crippen molar-refractivity contribution < 1.29 is 13.2 Å². The molecular formula is C10H9Cl2F3. The summed E-state index contributed by atoms with van der Waals surface area (Å²) in [5.41, 5.74) is 0.286. The number of alkyl halides is 3. The van der Waals surface area contributed by atoms with Crippen LogP contribution in [0.4, 0.5) is 13.2 Å². The highest BCUT2D eigenvalue weighted by Gasteiger charge is 2.35. The van der Waals surface area contributed by atoms with Crippen LogP contribution in [0.1, 0.15) is 23.4 Å². The molecule has 1 aromatic rings. The maximum absolute atomic E-state index is 13.0. The third-order valence-electron chi connectivity index (χ3n) is 2.00. The van der Waals surface area contributed by atoms with Gasteiger partial charge in [-0.1, -0.05) is 11.6 Å². The lowest BCUT2D eigenvalue weighted by molar-refractivity contribution is 0.0169. The van der Waals surface area contributed by atoms with Gasteiger partial charge in [-0.25, -0.2) is 13.2 Å². The van der Waals surface area contributed by atoms with Crippen LogP contribution in [0.5, 0.6) is 0 Å². The Morgan fingerprint density at radius 3 is 2.33 bits per heavy atom. The summed E-state index contributed by atoms with van der Waals surface area (Å²) in [4.78, 5) is 0. The molecule has 15 heavy (non-hydrogen) atoms. The van der Waals surface area contributed by atoms with Gasteiger partial charge in [-0.15, -0.1) is 11.6 Å². The minimum atomic E-state index is -3.10. The molecule has 0 saturated heterocycles. The quantitative estimate of drug-likeness (QED) is 0.672. The number of hydrogen-bond donors (Lipinski definition) is 0. The smallest absolute Gasteiger partial charge is 0.207 e. The molecule has 0 spiro atoms. The van der Waals surface area contributed by atoms with Crippen molar-refractivity contribution in [2.75, 3.05) is 0 Å². The van der Waals surface area contributed by atoms with Crippen LogP contribution in [0, 0.1) is 12.7 Å². The minimum absolute atomic E-state index is 0.0460. The zero-order valence-electron chi connectivity index (χ0n) is 8.12. The maximum Gasteiger partial charge on any atom is 0.265 e. The summed E-state index contributed by atoms with van der Waals surface area (Å²) in [6, 6.07) is 2.24. The van der Waals surface area contributed by atoms with Gasteiger partial charge in [0, 0.05) is 11.9 Å². The zero-order chi connectivity index (χ0) is 11.8.